The summed E-state index contributed by atoms with van der Waals surface area (Å²) in [6.07, 6.45) is 7.27. The molecular weight excluding hydrogens is 288 g/mol. The third kappa shape index (κ3) is 6.08. The summed E-state index contributed by atoms with van der Waals surface area (Å²) in [4.78, 5) is 10.2. The van der Waals surface area contributed by atoms with Crippen molar-refractivity contribution in [3.05, 3.63) is 35.9 Å². The number of rotatable bonds is 6. The molecule has 0 aliphatic heterocycles. The predicted molar refractivity (Wildman–Crippen MR) is 94.5 cm³/mol. The van der Waals surface area contributed by atoms with Crippen LogP contribution in [0.5, 0.6) is 0 Å². The lowest BCUT2D eigenvalue weighted by Gasteiger charge is -2.34. The lowest BCUT2D eigenvalue weighted by Crippen LogP contribution is -2.34. The fourth-order valence-electron chi connectivity index (χ4n) is 3.05. The van der Waals surface area contributed by atoms with Gasteiger partial charge in [0.05, 0.1) is 12.2 Å². The number of methoxy groups -OCH3 is 2. The minimum atomic E-state index is -0.280. The summed E-state index contributed by atoms with van der Waals surface area (Å²) < 4.78 is 10.9. The van der Waals surface area contributed by atoms with Gasteiger partial charge in [-0.15, -0.1) is 0 Å². The molecule has 1 aliphatic rings. The lowest BCUT2D eigenvalue weighted by atomic mass is 9.84. The molecule has 1 fully saturated rings. The van der Waals surface area contributed by atoms with Gasteiger partial charge in [0.15, 0.2) is 0 Å². The first-order valence-electron chi connectivity index (χ1n) is 8.63. The third-order valence-electron chi connectivity index (χ3n) is 4.97. The van der Waals surface area contributed by atoms with E-state index in [2.05, 4.69) is 26.0 Å². The summed E-state index contributed by atoms with van der Waals surface area (Å²) in [6.45, 7) is 4.94. The summed E-state index contributed by atoms with van der Waals surface area (Å²) in [5.41, 5.74) is 0.911. The minimum absolute atomic E-state index is 0.280. The van der Waals surface area contributed by atoms with E-state index >= 15 is 0 Å². The van der Waals surface area contributed by atoms with Crippen molar-refractivity contribution in [2.24, 2.45) is 11.8 Å². The predicted octanol–water partition coefficient (Wildman–Crippen LogP) is 4.60. The Balaban J connectivity index is 0.000000277. The van der Waals surface area contributed by atoms with Gasteiger partial charge in [0, 0.05) is 26.1 Å². The van der Waals surface area contributed by atoms with Crippen molar-refractivity contribution in [1.29, 1.82) is 0 Å². The Bertz CT molecular complexity index is 426. The van der Waals surface area contributed by atoms with Crippen LogP contribution in [-0.2, 0) is 19.9 Å². The molecule has 0 radical (unpaired) electrons. The quantitative estimate of drug-likeness (QED) is 0.719. The fraction of sp³-hybridized carbons (Fsp3) is 0.650. The minimum Gasteiger partial charge on any atom is -0.384 e. The number of benzene rings is 1. The molecule has 2 unspecified atom stereocenters. The summed E-state index contributed by atoms with van der Waals surface area (Å²) in [5.74, 6) is 0.721. The second-order valence-electron chi connectivity index (χ2n) is 6.57. The average Bonchev–Trinajstić information content (AvgIpc) is 2.63. The monoisotopic (exact) mass is 320 g/mol. The smallest absolute Gasteiger partial charge is 0.123 e. The summed E-state index contributed by atoms with van der Waals surface area (Å²) >= 11 is 0. The van der Waals surface area contributed by atoms with Crippen LogP contribution in [0.1, 0.15) is 51.5 Å². The van der Waals surface area contributed by atoms with Crippen LogP contribution in [0.3, 0.4) is 0 Å². The van der Waals surface area contributed by atoms with Crippen LogP contribution in [0.4, 0.5) is 0 Å². The Morgan fingerprint density at radius 1 is 1.17 bits per heavy atom. The molecule has 3 heteroatoms. The zero-order valence-corrected chi connectivity index (χ0v) is 15.1. The number of carbonyl (C=O) groups is 1. The molecule has 0 bridgehead atoms. The second kappa shape index (κ2) is 10.6. The van der Waals surface area contributed by atoms with E-state index in [-0.39, 0.29) is 5.60 Å². The maximum absolute atomic E-state index is 10.2. The zero-order valence-electron chi connectivity index (χ0n) is 15.1. The van der Waals surface area contributed by atoms with Crippen LogP contribution in [0.25, 0.3) is 0 Å². The molecule has 0 N–H and O–H groups in total. The van der Waals surface area contributed by atoms with Crippen LogP contribution in [-0.4, -0.2) is 27.1 Å². The van der Waals surface area contributed by atoms with Crippen molar-refractivity contribution in [3.63, 3.8) is 0 Å². The Morgan fingerprint density at radius 2 is 1.78 bits per heavy atom. The van der Waals surface area contributed by atoms with E-state index in [1.165, 1.54) is 24.8 Å². The van der Waals surface area contributed by atoms with Gasteiger partial charge in [-0.1, -0.05) is 56.5 Å². The van der Waals surface area contributed by atoms with Gasteiger partial charge in [0.1, 0.15) is 6.29 Å². The van der Waals surface area contributed by atoms with Gasteiger partial charge in [-0.25, -0.2) is 0 Å². The number of aldehydes is 1. The molecule has 0 heterocycles. The first-order chi connectivity index (χ1) is 11.1. The number of hydrogen-bond donors (Lipinski definition) is 0. The fourth-order valence-corrected chi connectivity index (χ4v) is 3.05. The Kier molecular flexibility index (Phi) is 9.12. The molecule has 1 aromatic rings. The maximum atomic E-state index is 10.2. The molecule has 2 rings (SSSR count). The van der Waals surface area contributed by atoms with E-state index in [0.29, 0.717) is 18.4 Å². The molecule has 3 nitrogen and oxygen atoms in total. The van der Waals surface area contributed by atoms with Gasteiger partial charge >= 0.3 is 0 Å². The molecule has 1 aliphatic carbocycles. The van der Waals surface area contributed by atoms with E-state index in [1.54, 1.807) is 14.2 Å². The van der Waals surface area contributed by atoms with E-state index in [4.69, 9.17) is 9.47 Å². The highest BCUT2D eigenvalue weighted by Crippen LogP contribution is 2.32. The summed E-state index contributed by atoms with van der Waals surface area (Å²) in [6, 6.07) is 10.3. The van der Waals surface area contributed by atoms with Crippen molar-refractivity contribution >= 4 is 6.29 Å². The van der Waals surface area contributed by atoms with Crippen LogP contribution in [0.15, 0.2) is 30.3 Å². The van der Waals surface area contributed by atoms with Gasteiger partial charge in [-0.05, 0) is 25.3 Å². The zero-order chi connectivity index (χ0) is 17.1. The number of carbonyl (C=O) groups excluding carboxylic acids is 1. The summed E-state index contributed by atoms with van der Waals surface area (Å²) in [7, 11) is 3.47. The van der Waals surface area contributed by atoms with Crippen molar-refractivity contribution < 1.29 is 14.3 Å². The van der Waals surface area contributed by atoms with E-state index in [1.807, 2.05) is 18.2 Å². The molecule has 0 saturated heterocycles. The number of hydrogen-bond acceptors (Lipinski definition) is 3. The average molecular weight is 320 g/mol. The molecule has 1 aromatic carbocycles. The highest BCUT2D eigenvalue weighted by atomic mass is 16.5. The molecular formula is C20H32O3. The van der Waals surface area contributed by atoms with Crippen LogP contribution < -0.4 is 0 Å². The van der Waals surface area contributed by atoms with Crippen LogP contribution in [0.2, 0.25) is 0 Å². The molecule has 0 spiro atoms. The molecule has 0 aromatic heterocycles. The SMILES string of the molecule is COCC(C)C(C)(OC)c1ccccc1.O=CC1CCCCC1. The first kappa shape index (κ1) is 19.9. The van der Waals surface area contributed by atoms with Crippen molar-refractivity contribution in [2.75, 3.05) is 20.8 Å². The van der Waals surface area contributed by atoms with Crippen molar-refractivity contribution in [3.8, 4) is 0 Å². The van der Waals surface area contributed by atoms with E-state index in [9.17, 15) is 4.79 Å². The van der Waals surface area contributed by atoms with Gasteiger partial charge in [-0.2, -0.15) is 0 Å². The molecule has 1 saturated carbocycles. The maximum Gasteiger partial charge on any atom is 0.123 e. The van der Waals surface area contributed by atoms with Crippen molar-refractivity contribution in [1.82, 2.24) is 0 Å². The largest absolute Gasteiger partial charge is 0.384 e. The lowest BCUT2D eigenvalue weighted by molar-refractivity contribution is -0.111. The normalized spacial score (nSPS) is 19.1. The summed E-state index contributed by atoms with van der Waals surface area (Å²) in [5, 5.41) is 0. The molecule has 2 atom stereocenters. The van der Waals surface area contributed by atoms with E-state index in [0.717, 1.165) is 19.1 Å². The molecule has 23 heavy (non-hydrogen) atoms. The van der Waals surface area contributed by atoms with Gasteiger partial charge < -0.3 is 14.3 Å². The highest BCUT2D eigenvalue weighted by Gasteiger charge is 2.32. The van der Waals surface area contributed by atoms with Gasteiger partial charge in [0.2, 0.25) is 0 Å². The van der Waals surface area contributed by atoms with Gasteiger partial charge in [0.25, 0.3) is 0 Å². The van der Waals surface area contributed by atoms with Gasteiger partial charge in [-0.3, -0.25) is 0 Å². The highest BCUT2D eigenvalue weighted by molar-refractivity contribution is 5.53. The number of ether oxygens (including phenoxy) is 2. The van der Waals surface area contributed by atoms with Crippen LogP contribution in [0, 0.1) is 11.8 Å². The van der Waals surface area contributed by atoms with Crippen molar-refractivity contribution in [2.45, 2.75) is 51.6 Å². The van der Waals surface area contributed by atoms with E-state index < -0.39 is 0 Å². The first-order valence-corrected chi connectivity index (χ1v) is 8.63. The topological polar surface area (TPSA) is 35.5 Å². The standard InChI is InChI=1S/C13H20O2.C7H12O/c1-11(10-14-3)13(2,15-4)12-8-6-5-7-9-12;8-6-7-4-2-1-3-5-7/h5-9,11H,10H2,1-4H3;6-7H,1-5H2. The second-order valence-corrected chi connectivity index (χ2v) is 6.57. The molecule has 130 valence electrons. The molecule has 0 amide bonds. The Labute approximate surface area is 141 Å². The Hall–Kier alpha value is -1.19. The van der Waals surface area contributed by atoms with Crippen LogP contribution >= 0.6 is 0 Å². The Morgan fingerprint density at radius 3 is 2.22 bits per heavy atom. The third-order valence-corrected chi connectivity index (χ3v) is 4.97.